The summed E-state index contributed by atoms with van der Waals surface area (Å²) in [7, 11) is 0. The Hall–Kier alpha value is -1.78. The summed E-state index contributed by atoms with van der Waals surface area (Å²) >= 11 is 1.68. The van der Waals surface area contributed by atoms with E-state index in [1.165, 1.54) is 42.6 Å². The van der Waals surface area contributed by atoms with E-state index in [-0.39, 0.29) is 11.2 Å². The Morgan fingerprint density at radius 3 is 2.42 bits per heavy atom. The Labute approximate surface area is 161 Å². The van der Waals surface area contributed by atoms with Crippen molar-refractivity contribution in [3.8, 4) is 0 Å². The van der Waals surface area contributed by atoms with Gasteiger partial charge >= 0.3 is 0 Å². The number of carbonyl (C=O) groups excluding carboxylic acids is 1. The summed E-state index contributed by atoms with van der Waals surface area (Å²) in [6.45, 7) is 5.96. The Bertz CT molecular complexity index is 698. The zero-order valence-electron chi connectivity index (χ0n) is 15.5. The van der Waals surface area contributed by atoms with Crippen LogP contribution in [-0.2, 0) is 23.6 Å². The van der Waals surface area contributed by atoms with Gasteiger partial charge < -0.3 is 5.32 Å². The van der Waals surface area contributed by atoms with Crippen LogP contribution in [-0.4, -0.2) is 29.1 Å². The molecule has 1 N–H and O–H groups in total. The molecule has 3 nitrogen and oxygen atoms in total. The average Bonchev–Trinajstić information content (AvgIpc) is 3.19. The number of benzene rings is 2. The van der Waals surface area contributed by atoms with E-state index in [1.807, 2.05) is 25.1 Å². The fraction of sp³-hybridized carbons (Fsp3) is 0.409. The van der Waals surface area contributed by atoms with Crippen LogP contribution in [0.2, 0.25) is 0 Å². The van der Waals surface area contributed by atoms with Crippen LogP contribution in [0, 0.1) is 0 Å². The number of rotatable bonds is 8. The van der Waals surface area contributed by atoms with E-state index >= 15 is 0 Å². The number of thioether (sulfide) groups is 1. The number of amides is 1. The molecular formula is C22H28N2OS. The highest BCUT2D eigenvalue weighted by Crippen LogP contribution is 2.19. The molecule has 1 fully saturated rings. The number of hydrogen-bond acceptors (Lipinski definition) is 3. The normalized spacial score (nSPS) is 15.7. The van der Waals surface area contributed by atoms with Crippen molar-refractivity contribution in [2.75, 3.05) is 13.1 Å². The summed E-state index contributed by atoms with van der Waals surface area (Å²) in [5.41, 5.74) is 3.82. The Morgan fingerprint density at radius 2 is 1.69 bits per heavy atom. The lowest BCUT2D eigenvalue weighted by Crippen LogP contribution is -2.31. The van der Waals surface area contributed by atoms with Crippen molar-refractivity contribution in [3.05, 3.63) is 71.3 Å². The van der Waals surface area contributed by atoms with Gasteiger partial charge in [-0.05, 0) is 49.5 Å². The van der Waals surface area contributed by atoms with E-state index in [1.54, 1.807) is 11.8 Å². The molecular weight excluding hydrogens is 340 g/mol. The second-order valence-electron chi connectivity index (χ2n) is 6.91. The molecule has 0 bridgehead atoms. The van der Waals surface area contributed by atoms with Gasteiger partial charge in [0.1, 0.15) is 0 Å². The third-order valence-corrected chi connectivity index (χ3v) is 6.09. The molecule has 2 aromatic carbocycles. The maximum absolute atomic E-state index is 12.5. The minimum absolute atomic E-state index is 0.0547. The van der Waals surface area contributed by atoms with E-state index in [0.717, 1.165) is 12.3 Å². The van der Waals surface area contributed by atoms with Crippen molar-refractivity contribution >= 4 is 17.7 Å². The monoisotopic (exact) mass is 368 g/mol. The number of likely N-dealkylation sites (tertiary alicyclic amines) is 1. The lowest BCUT2D eigenvalue weighted by Gasteiger charge is -2.18. The van der Waals surface area contributed by atoms with Gasteiger partial charge in [-0.15, -0.1) is 11.8 Å². The number of nitrogens with one attached hydrogen (secondary N) is 1. The summed E-state index contributed by atoms with van der Waals surface area (Å²) in [5.74, 6) is 0.975. The van der Waals surface area contributed by atoms with Crippen LogP contribution < -0.4 is 5.32 Å². The summed E-state index contributed by atoms with van der Waals surface area (Å²) < 4.78 is 0. The smallest absolute Gasteiger partial charge is 0.233 e. The van der Waals surface area contributed by atoms with Gasteiger partial charge in [-0.2, -0.15) is 0 Å². The predicted octanol–water partition coefficient (Wildman–Crippen LogP) is 4.22. The molecule has 1 amide bonds. The molecule has 1 atom stereocenters. The molecule has 0 radical (unpaired) electrons. The fourth-order valence-corrected chi connectivity index (χ4v) is 4.13. The minimum Gasteiger partial charge on any atom is -0.351 e. The number of hydrogen-bond donors (Lipinski definition) is 1. The molecule has 0 unspecified atom stereocenters. The van der Waals surface area contributed by atoms with Crippen molar-refractivity contribution in [1.29, 1.82) is 0 Å². The molecule has 4 heteroatoms. The van der Waals surface area contributed by atoms with Crippen molar-refractivity contribution < 1.29 is 4.79 Å². The highest BCUT2D eigenvalue weighted by atomic mass is 32.2. The molecule has 1 aliphatic rings. The van der Waals surface area contributed by atoms with E-state index in [0.29, 0.717) is 6.54 Å². The van der Waals surface area contributed by atoms with Crippen molar-refractivity contribution in [2.24, 2.45) is 0 Å². The average molecular weight is 369 g/mol. The fourth-order valence-electron chi connectivity index (χ4n) is 3.26. The second kappa shape index (κ2) is 9.79. The summed E-state index contributed by atoms with van der Waals surface area (Å²) in [6, 6.07) is 18.8. The third kappa shape index (κ3) is 5.61. The maximum Gasteiger partial charge on any atom is 0.233 e. The van der Waals surface area contributed by atoms with Crippen molar-refractivity contribution in [1.82, 2.24) is 10.2 Å². The molecule has 1 aliphatic heterocycles. The lowest BCUT2D eigenvalue weighted by atomic mass is 10.1. The highest BCUT2D eigenvalue weighted by Gasteiger charge is 2.16. The van der Waals surface area contributed by atoms with E-state index in [4.69, 9.17) is 0 Å². The molecule has 0 aromatic heterocycles. The lowest BCUT2D eigenvalue weighted by molar-refractivity contribution is -0.120. The topological polar surface area (TPSA) is 32.3 Å². The first kappa shape index (κ1) is 19.0. The van der Waals surface area contributed by atoms with Crippen molar-refractivity contribution in [2.45, 2.75) is 43.9 Å². The quantitative estimate of drug-likeness (QED) is 0.757. The van der Waals surface area contributed by atoms with Gasteiger partial charge in [-0.1, -0.05) is 54.6 Å². The number of carbonyl (C=O) groups is 1. The molecule has 0 spiro atoms. The maximum atomic E-state index is 12.5. The van der Waals surface area contributed by atoms with Gasteiger partial charge in [0.15, 0.2) is 0 Å². The Morgan fingerprint density at radius 1 is 1.04 bits per heavy atom. The second-order valence-corrected chi connectivity index (χ2v) is 8.24. The van der Waals surface area contributed by atoms with E-state index in [2.05, 4.69) is 46.6 Å². The minimum atomic E-state index is -0.0547. The van der Waals surface area contributed by atoms with Gasteiger partial charge in [0, 0.05) is 18.8 Å². The van der Waals surface area contributed by atoms with Crippen LogP contribution in [0.25, 0.3) is 0 Å². The van der Waals surface area contributed by atoms with Gasteiger partial charge in [-0.25, -0.2) is 0 Å². The summed E-state index contributed by atoms with van der Waals surface area (Å²) in [4.78, 5) is 15.0. The first-order valence-electron chi connectivity index (χ1n) is 9.45. The van der Waals surface area contributed by atoms with E-state index in [9.17, 15) is 4.79 Å². The predicted molar refractivity (Wildman–Crippen MR) is 110 cm³/mol. The van der Waals surface area contributed by atoms with Gasteiger partial charge in [0.05, 0.1) is 5.25 Å². The van der Waals surface area contributed by atoms with Crippen LogP contribution in [0.3, 0.4) is 0 Å². The zero-order valence-corrected chi connectivity index (χ0v) is 16.3. The van der Waals surface area contributed by atoms with E-state index < -0.39 is 0 Å². The number of nitrogens with zero attached hydrogens (tertiary/aromatic N) is 1. The van der Waals surface area contributed by atoms with Crippen LogP contribution in [0.4, 0.5) is 0 Å². The molecule has 0 saturated carbocycles. The van der Waals surface area contributed by atoms with Gasteiger partial charge in [0.2, 0.25) is 5.91 Å². The third-order valence-electron chi connectivity index (χ3n) is 4.88. The first-order chi connectivity index (χ1) is 12.7. The van der Waals surface area contributed by atoms with Crippen LogP contribution in [0.5, 0.6) is 0 Å². The highest BCUT2D eigenvalue weighted by molar-refractivity contribution is 7.99. The first-order valence-corrected chi connectivity index (χ1v) is 10.5. The Balaban J connectivity index is 1.49. The standard InChI is InChI=1S/C22H28N2OS/c1-18(26-17-19-9-3-2-4-10-19)22(25)23-15-20-11-5-6-12-21(20)16-24-13-7-8-14-24/h2-6,9-12,18H,7-8,13-17H2,1H3,(H,23,25)/t18-/m0/s1. The van der Waals surface area contributed by atoms with Crippen LogP contribution in [0.15, 0.2) is 54.6 Å². The summed E-state index contributed by atoms with van der Waals surface area (Å²) in [6.07, 6.45) is 2.60. The SMILES string of the molecule is C[C@H](SCc1ccccc1)C(=O)NCc1ccccc1CN1CCCC1. The van der Waals surface area contributed by atoms with Gasteiger partial charge in [-0.3, -0.25) is 9.69 Å². The van der Waals surface area contributed by atoms with Crippen molar-refractivity contribution in [3.63, 3.8) is 0 Å². The molecule has 138 valence electrons. The molecule has 2 aromatic rings. The molecule has 3 rings (SSSR count). The van der Waals surface area contributed by atoms with Crippen LogP contribution in [0.1, 0.15) is 36.5 Å². The van der Waals surface area contributed by atoms with Gasteiger partial charge in [0.25, 0.3) is 0 Å². The largest absolute Gasteiger partial charge is 0.351 e. The molecule has 1 saturated heterocycles. The molecule has 1 heterocycles. The van der Waals surface area contributed by atoms with Crippen LogP contribution >= 0.6 is 11.8 Å². The Kier molecular flexibility index (Phi) is 7.15. The molecule has 26 heavy (non-hydrogen) atoms. The summed E-state index contributed by atoms with van der Waals surface area (Å²) in [5, 5.41) is 3.07. The molecule has 0 aliphatic carbocycles. The zero-order chi connectivity index (χ0) is 18.2.